The Morgan fingerprint density at radius 1 is 0.684 bits per heavy atom. The monoisotopic (exact) mass is 306 g/mol. The van der Waals surface area contributed by atoms with Gasteiger partial charge < -0.3 is 4.89 Å². The molecular weight excluding hydrogens is 271 g/mol. The van der Waals surface area contributed by atoms with Crippen LogP contribution in [0.3, 0.4) is 0 Å². The molecule has 0 radical (unpaired) electrons. The summed E-state index contributed by atoms with van der Waals surface area (Å²) in [5.74, 6) is 0. The minimum absolute atomic E-state index is 0.185. The van der Waals surface area contributed by atoms with E-state index in [0.717, 1.165) is 12.8 Å². The quantitative estimate of drug-likeness (QED) is 0.662. The van der Waals surface area contributed by atoms with Crippen molar-refractivity contribution in [1.82, 2.24) is 0 Å². The maximum Gasteiger partial charge on any atom is 0.0742 e. The number of rotatable bonds is 4. The zero-order valence-electron chi connectivity index (χ0n) is 14.7. The van der Waals surface area contributed by atoms with E-state index in [2.05, 4.69) is 69.2 Å². The highest BCUT2D eigenvalue weighted by Crippen LogP contribution is 2.68. The zero-order valence-corrected chi connectivity index (χ0v) is 16.4. The van der Waals surface area contributed by atoms with E-state index in [9.17, 15) is 4.89 Å². The smallest absolute Gasteiger partial charge is 0.0742 e. The lowest BCUT2D eigenvalue weighted by molar-refractivity contribution is 0.300. The summed E-state index contributed by atoms with van der Waals surface area (Å²) < 4.78 is 0. The fraction of sp³-hybridized carbons (Fsp3) is 1.00. The van der Waals surface area contributed by atoms with Crippen LogP contribution >= 0.6 is 6.26 Å². The van der Waals surface area contributed by atoms with Gasteiger partial charge in [-0.3, -0.25) is 0 Å². The molecule has 0 amide bonds. The van der Waals surface area contributed by atoms with Gasteiger partial charge in [-0.25, -0.2) is 0 Å². The van der Waals surface area contributed by atoms with E-state index in [1.54, 1.807) is 0 Å². The molecule has 0 spiro atoms. The van der Waals surface area contributed by atoms with E-state index in [-0.39, 0.29) is 21.1 Å². The summed E-state index contributed by atoms with van der Waals surface area (Å²) in [5.41, 5.74) is 0.377. The van der Waals surface area contributed by atoms with Crippen molar-refractivity contribution in [3.63, 3.8) is 0 Å². The van der Waals surface area contributed by atoms with Crippen molar-refractivity contribution in [2.24, 2.45) is 10.8 Å². The Labute approximate surface area is 126 Å². The molecule has 0 aliphatic rings. The highest BCUT2D eigenvalue weighted by atomic mass is 32.4. The molecule has 0 aliphatic heterocycles. The molecule has 1 nitrogen and oxygen atoms in total. The summed E-state index contributed by atoms with van der Waals surface area (Å²) in [4.78, 5) is 11.2. The van der Waals surface area contributed by atoms with Crippen LogP contribution in [-0.2, 0) is 11.8 Å². The van der Waals surface area contributed by atoms with Gasteiger partial charge in [0.2, 0.25) is 0 Å². The van der Waals surface area contributed by atoms with Gasteiger partial charge in [0.15, 0.2) is 0 Å². The molecular formula is C16H35OPS. The van der Waals surface area contributed by atoms with Gasteiger partial charge in [-0.05, 0) is 23.7 Å². The van der Waals surface area contributed by atoms with Crippen molar-refractivity contribution >= 4 is 18.1 Å². The highest BCUT2D eigenvalue weighted by Gasteiger charge is 2.48. The molecule has 116 valence electrons. The maximum absolute atomic E-state index is 11.2. The normalized spacial score (nSPS) is 15.7. The molecule has 1 N–H and O–H groups in total. The van der Waals surface area contributed by atoms with Gasteiger partial charge in [-0.1, -0.05) is 81.0 Å². The Kier molecular flexibility index (Phi) is 5.60. The van der Waals surface area contributed by atoms with Crippen molar-refractivity contribution in [2.45, 2.75) is 92.4 Å². The first-order chi connectivity index (χ1) is 7.91. The molecule has 0 saturated heterocycles. The third-order valence-corrected chi connectivity index (χ3v) is 10.1. The molecule has 0 aliphatic carbocycles. The van der Waals surface area contributed by atoms with Gasteiger partial charge in [0.05, 0.1) is 6.26 Å². The van der Waals surface area contributed by atoms with Crippen LogP contribution in [-0.4, -0.2) is 15.2 Å². The molecule has 0 atom stereocenters. The summed E-state index contributed by atoms with van der Waals surface area (Å²) in [6, 6.07) is 0. The molecule has 0 bridgehead atoms. The van der Waals surface area contributed by atoms with E-state index >= 15 is 0 Å². The van der Waals surface area contributed by atoms with Crippen LogP contribution in [0.4, 0.5) is 0 Å². The van der Waals surface area contributed by atoms with Gasteiger partial charge in [-0.15, -0.1) is 0 Å². The third-order valence-electron chi connectivity index (χ3n) is 3.57. The molecule has 0 aromatic carbocycles. The Balaban J connectivity index is 5.41. The van der Waals surface area contributed by atoms with Gasteiger partial charge >= 0.3 is 0 Å². The molecule has 0 rings (SSSR count). The Morgan fingerprint density at radius 3 is 1.05 bits per heavy atom. The number of hydrogen-bond acceptors (Lipinski definition) is 1. The fourth-order valence-corrected chi connectivity index (χ4v) is 7.03. The summed E-state index contributed by atoms with van der Waals surface area (Å²) in [6.07, 6.45) is -0.539. The Morgan fingerprint density at radius 2 is 0.895 bits per heavy atom. The second-order valence-corrected chi connectivity index (χ2v) is 14.8. The number of hydrogen-bond donors (Lipinski definition) is 1. The first kappa shape index (κ1) is 19.6. The average Bonchev–Trinajstić information content (AvgIpc) is 1.92. The van der Waals surface area contributed by atoms with Gasteiger partial charge in [0.25, 0.3) is 0 Å². The van der Waals surface area contributed by atoms with Crippen molar-refractivity contribution in [1.29, 1.82) is 0 Å². The van der Waals surface area contributed by atoms with Crippen LogP contribution in [0, 0.1) is 10.8 Å². The lowest BCUT2D eigenvalue weighted by atomic mass is 9.85. The summed E-state index contributed by atoms with van der Waals surface area (Å²) >= 11 is 5.82. The third kappa shape index (κ3) is 5.48. The van der Waals surface area contributed by atoms with Gasteiger partial charge in [0, 0.05) is 10.3 Å². The van der Waals surface area contributed by atoms with E-state index in [4.69, 9.17) is 11.8 Å². The zero-order chi connectivity index (χ0) is 15.9. The topological polar surface area (TPSA) is 20.2 Å². The fourth-order valence-electron chi connectivity index (χ4n) is 3.63. The van der Waals surface area contributed by atoms with E-state index in [0.29, 0.717) is 0 Å². The first-order valence-electron chi connectivity index (χ1n) is 7.24. The second kappa shape index (κ2) is 5.43. The second-order valence-electron chi connectivity index (χ2n) is 9.68. The highest BCUT2D eigenvalue weighted by molar-refractivity contribution is 8.13. The van der Waals surface area contributed by atoms with E-state index in [1.165, 1.54) is 0 Å². The lowest BCUT2D eigenvalue weighted by Gasteiger charge is -2.48. The van der Waals surface area contributed by atoms with Crippen LogP contribution in [0.5, 0.6) is 0 Å². The predicted molar refractivity (Wildman–Crippen MR) is 92.8 cm³/mol. The lowest BCUT2D eigenvalue weighted by Crippen LogP contribution is -2.38. The standard InChI is InChI=1S/C16H35OPS/c1-13(2,3)11-15(7,8)18(17,19)16(9,10)12-14(4,5)6/h11-12H2,1-10H3,(H,17,19). The molecule has 3 heteroatoms. The van der Waals surface area contributed by atoms with Crippen molar-refractivity contribution in [3.05, 3.63) is 0 Å². The molecule has 0 unspecified atom stereocenters. The van der Waals surface area contributed by atoms with Gasteiger partial charge in [0.1, 0.15) is 0 Å². The van der Waals surface area contributed by atoms with Crippen LogP contribution in [0.25, 0.3) is 0 Å². The molecule has 0 heterocycles. The van der Waals surface area contributed by atoms with Crippen LogP contribution < -0.4 is 0 Å². The average molecular weight is 306 g/mol. The predicted octanol–water partition coefficient (Wildman–Crippen LogP) is 5.80. The maximum atomic E-state index is 11.2. The Bertz CT molecular complexity index is 324. The van der Waals surface area contributed by atoms with Crippen LogP contribution in [0.2, 0.25) is 0 Å². The summed E-state index contributed by atoms with van der Waals surface area (Å²) in [6.45, 7) is 22.0. The van der Waals surface area contributed by atoms with Crippen LogP contribution in [0.15, 0.2) is 0 Å². The van der Waals surface area contributed by atoms with Crippen molar-refractivity contribution < 1.29 is 4.89 Å². The largest absolute Gasteiger partial charge is 0.364 e. The first-order valence-corrected chi connectivity index (χ1v) is 10.00. The summed E-state index contributed by atoms with van der Waals surface area (Å²) in [5, 5.41) is -0.370. The van der Waals surface area contributed by atoms with Crippen molar-refractivity contribution in [3.8, 4) is 0 Å². The molecule has 0 aromatic rings. The van der Waals surface area contributed by atoms with Crippen LogP contribution in [0.1, 0.15) is 82.1 Å². The minimum atomic E-state index is -2.46. The van der Waals surface area contributed by atoms with E-state index in [1.807, 2.05) is 0 Å². The summed E-state index contributed by atoms with van der Waals surface area (Å²) in [7, 11) is 0. The molecule has 0 aromatic heterocycles. The Hall–Kier alpha value is 0.610. The van der Waals surface area contributed by atoms with Gasteiger partial charge in [-0.2, -0.15) is 0 Å². The SMILES string of the molecule is CC(C)(C)CC(C)(C)P(O)(=S)C(C)(C)CC(C)(C)C. The molecule has 19 heavy (non-hydrogen) atoms. The minimum Gasteiger partial charge on any atom is -0.364 e. The molecule has 0 saturated carbocycles. The van der Waals surface area contributed by atoms with Crippen molar-refractivity contribution in [2.75, 3.05) is 0 Å². The molecule has 0 fully saturated rings. The van der Waals surface area contributed by atoms with E-state index < -0.39 is 6.26 Å².